The second-order valence-corrected chi connectivity index (χ2v) is 15.8. The van der Waals surface area contributed by atoms with E-state index in [-0.39, 0.29) is 60.7 Å². The number of nitrogens with zero attached hydrogens (tertiary/aromatic N) is 3. The molecular weight excluding hydrogens is 780 g/mol. The minimum atomic E-state index is -4.63. The highest BCUT2D eigenvalue weighted by Crippen LogP contribution is 2.40. The van der Waals surface area contributed by atoms with Crippen LogP contribution in [0.5, 0.6) is 5.75 Å². The van der Waals surface area contributed by atoms with Crippen molar-refractivity contribution in [1.29, 1.82) is 0 Å². The predicted octanol–water partition coefficient (Wildman–Crippen LogP) is 6.48. The van der Waals surface area contributed by atoms with Crippen LogP contribution in [0.1, 0.15) is 83.7 Å². The minimum Gasteiger partial charge on any atom is -0.491 e. The zero-order valence-electron chi connectivity index (χ0n) is 33.2. The summed E-state index contributed by atoms with van der Waals surface area (Å²) in [7, 11) is 0. The van der Waals surface area contributed by atoms with Crippen LogP contribution in [-0.2, 0) is 20.6 Å². The highest BCUT2D eigenvalue weighted by atomic mass is 19.4. The second kappa shape index (κ2) is 17.5. The van der Waals surface area contributed by atoms with E-state index < -0.39 is 41.4 Å². The molecule has 5 N–H and O–H groups in total. The van der Waals surface area contributed by atoms with Crippen molar-refractivity contribution in [3.8, 4) is 16.9 Å². The number of alkyl halides is 3. The Morgan fingerprint density at radius 2 is 1.68 bits per heavy atom. The van der Waals surface area contributed by atoms with Crippen molar-refractivity contribution in [3.63, 3.8) is 0 Å². The van der Waals surface area contributed by atoms with Crippen LogP contribution in [0.25, 0.3) is 11.1 Å². The summed E-state index contributed by atoms with van der Waals surface area (Å²) in [5.74, 6) is -1.90. The number of ether oxygens (including phenoxy) is 1. The quantitative estimate of drug-likeness (QED) is 0.109. The molecule has 0 radical (unpaired) electrons. The van der Waals surface area contributed by atoms with Crippen LogP contribution in [0, 0.1) is 5.92 Å². The number of carbonyl (C=O) groups excluding carboxylic acids is 5. The first-order valence-electron chi connectivity index (χ1n) is 20.0. The molecule has 16 heteroatoms. The molecule has 0 bridgehead atoms. The lowest BCUT2D eigenvalue weighted by Gasteiger charge is -2.32. The van der Waals surface area contributed by atoms with Crippen LogP contribution in [0.2, 0.25) is 0 Å². The fourth-order valence-electron chi connectivity index (χ4n) is 8.00. The number of halogens is 3. The summed E-state index contributed by atoms with van der Waals surface area (Å²) in [6.45, 7) is 4.89. The first-order valence-corrected chi connectivity index (χ1v) is 20.0. The van der Waals surface area contributed by atoms with E-state index in [9.17, 15) is 37.1 Å². The van der Waals surface area contributed by atoms with Gasteiger partial charge < -0.3 is 26.0 Å². The largest absolute Gasteiger partial charge is 0.491 e. The van der Waals surface area contributed by atoms with Crippen LogP contribution in [0.3, 0.4) is 0 Å². The maximum absolute atomic E-state index is 14.1. The van der Waals surface area contributed by atoms with Gasteiger partial charge in [-0.15, -0.1) is 0 Å². The van der Waals surface area contributed by atoms with Crippen LogP contribution in [0.4, 0.5) is 30.4 Å². The number of rotatable bonds is 13. The van der Waals surface area contributed by atoms with Gasteiger partial charge in [-0.25, -0.2) is 4.98 Å². The Hall–Kier alpha value is -6.29. The van der Waals surface area contributed by atoms with E-state index >= 15 is 0 Å². The van der Waals surface area contributed by atoms with Gasteiger partial charge in [0, 0.05) is 43.1 Å². The smallest absolute Gasteiger partial charge is 0.419 e. The first kappa shape index (κ1) is 41.9. The molecule has 13 nitrogen and oxygen atoms in total. The number of piperidine rings is 2. The monoisotopic (exact) mass is 825 g/mol. The van der Waals surface area contributed by atoms with Crippen LogP contribution < -0.4 is 26.4 Å². The standard InChI is InChI=1S/C44H46F3N7O6/c1-25(2)20-30(48)24-60-36-12-8-28(21-33(36)44(45,46)47)29-14-17-49-37(22-29)51-31-9-6-26(7-10-31)27-15-18-53(19-16-27)39(56)23-50-34-5-3-4-32-40(34)43(59)54(42(32)58)35-11-13-38(55)52-41(35)57/h3-10,12,14,17,21-22,25,27,30,35,50H,11,13,15-16,18-20,23-24,48H2,1-2H3,(H,49,51)(H,52,55,57)/t30-,35?/m0/s1. The van der Waals surface area contributed by atoms with E-state index in [1.807, 2.05) is 38.1 Å². The molecule has 4 heterocycles. The van der Waals surface area contributed by atoms with Gasteiger partial charge >= 0.3 is 6.18 Å². The lowest BCUT2D eigenvalue weighted by molar-refractivity contribution is -0.139. The molecule has 0 aliphatic carbocycles. The van der Waals surface area contributed by atoms with Gasteiger partial charge in [-0.3, -0.25) is 34.2 Å². The lowest BCUT2D eigenvalue weighted by atomic mass is 9.89. The number of hydrogen-bond acceptors (Lipinski definition) is 10. The van der Waals surface area contributed by atoms with Gasteiger partial charge in [-0.2, -0.15) is 13.2 Å². The maximum Gasteiger partial charge on any atom is 0.419 e. The van der Waals surface area contributed by atoms with Crippen molar-refractivity contribution in [2.75, 3.05) is 36.9 Å². The van der Waals surface area contributed by atoms with Crippen LogP contribution >= 0.6 is 0 Å². The molecule has 0 saturated carbocycles. The molecule has 60 heavy (non-hydrogen) atoms. The Labute approximate surface area is 344 Å². The van der Waals surface area contributed by atoms with Crippen LogP contribution in [0.15, 0.2) is 79.0 Å². The van der Waals surface area contributed by atoms with Crippen molar-refractivity contribution in [2.24, 2.45) is 11.7 Å². The average molecular weight is 826 g/mol. The molecule has 314 valence electrons. The van der Waals surface area contributed by atoms with E-state index in [2.05, 4.69) is 20.9 Å². The number of pyridine rings is 1. The minimum absolute atomic E-state index is 0.0150. The summed E-state index contributed by atoms with van der Waals surface area (Å²) in [5.41, 5.74) is 8.45. The molecule has 3 aromatic carbocycles. The Bertz CT molecular complexity index is 2290. The van der Waals surface area contributed by atoms with Crippen molar-refractivity contribution in [1.82, 2.24) is 20.1 Å². The molecular formula is C44H46F3N7O6. The number of carbonyl (C=O) groups is 5. The fraction of sp³-hybridized carbons (Fsp3) is 0.364. The summed E-state index contributed by atoms with van der Waals surface area (Å²) in [6, 6.07) is 18.4. The molecule has 0 spiro atoms. The number of fused-ring (bicyclic) bond motifs is 1. The van der Waals surface area contributed by atoms with E-state index in [0.29, 0.717) is 48.1 Å². The Balaban J connectivity index is 0.922. The fourth-order valence-corrected chi connectivity index (χ4v) is 8.00. The highest BCUT2D eigenvalue weighted by molar-refractivity contribution is 6.25. The highest BCUT2D eigenvalue weighted by Gasteiger charge is 2.45. The number of imide groups is 2. The summed E-state index contributed by atoms with van der Waals surface area (Å²) in [5, 5.41) is 8.45. The summed E-state index contributed by atoms with van der Waals surface area (Å²) < 4.78 is 47.8. The first-order chi connectivity index (χ1) is 28.7. The van der Waals surface area contributed by atoms with Gasteiger partial charge in [0.05, 0.1) is 23.2 Å². The van der Waals surface area contributed by atoms with Gasteiger partial charge in [-0.05, 0) is 103 Å². The number of likely N-dealkylation sites (tertiary alicyclic amines) is 1. The molecule has 1 unspecified atom stereocenters. The van der Waals surface area contributed by atoms with E-state index in [1.54, 1.807) is 35.2 Å². The van der Waals surface area contributed by atoms with Gasteiger partial charge in [-0.1, -0.05) is 38.1 Å². The van der Waals surface area contributed by atoms with Gasteiger partial charge in [0.15, 0.2) is 0 Å². The molecule has 7 rings (SSSR count). The van der Waals surface area contributed by atoms with Crippen molar-refractivity contribution < 1.29 is 41.9 Å². The predicted molar refractivity (Wildman–Crippen MR) is 217 cm³/mol. The molecule has 5 amide bonds. The van der Waals surface area contributed by atoms with Gasteiger partial charge in [0.1, 0.15) is 24.2 Å². The van der Waals surface area contributed by atoms with Crippen molar-refractivity contribution >= 4 is 46.7 Å². The van der Waals surface area contributed by atoms with Crippen LogP contribution in [-0.4, -0.2) is 82.6 Å². The number of aromatic nitrogens is 1. The summed E-state index contributed by atoms with van der Waals surface area (Å²) in [6.07, 6.45) is -0.954. The van der Waals surface area contributed by atoms with Gasteiger partial charge in [0.25, 0.3) is 11.8 Å². The third-order valence-electron chi connectivity index (χ3n) is 11.0. The van der Waals surface area contributed by atoms with E-state index in [1.165, 1.54) is 18.3 Å². The van der Waals surface area contributed by atoms with E-state index in [0.717, 1.165) is 35.1 Å². The third-order valence-corrected chi connectivity index (χ3v) is 11.0. The topological polar surface area (TPSA) is 176 Å². The molecule has 2 saturated heterocycles. The van der Waals surface area contributed by atoms with Crippen molar-refractivity contribution in [3.05, 3.63) is 101 Å². The van der Waals surface area contributed by atoms with Crippen molar-refractivity contribution in [2.45, 2.75) is 70.1 Å². The second-order valence-electron chi connectivity index (χ2n) is 15.8. The normalized spacial score (nSPS) is 17.8. The zero-order valence-corrected chi connectivity index (χ0v) is 33.2. The molecule has 2 atom stereocenters. The Morgan fingerprint density at radius 1 is 0.950 bits per heavy atom. The number of amides is 5. The number of nitrogens with one attached hydrogen (secondary N) is 3. The molecule has 3 aliphatic heterocycles. The summed E-state index contributed by atoms with van der Waals surface area (Å²) in [4.78, 5) is 71.0. The third kappa shape index (κ3) is 9.28. The molecule has 2 fully saturated rings. The number of hydrogen-bond donors (Lipinski definition) is 4. The zero-order chi connectivity index (χ0) is 42.7. The van der Waals surface area contributed by atoms with E-state index in [4.69, 9.17) is 10.5 Å². The molecule has 3 aliphatic rings. The maximum atomic E-state index is 14.1. The number of nitrogens with two attached hydrogens (primary N) is 1. The molecule has 4 aromatic rings. The Kier molecular flexibility index (Phi) is 12.2. The van der Waals surface area contributed by atoms with Gasteiger partial charge in [0.2, 0.25) is 17.7 Å². The SMILES string of the molecule is CC(C)C[C@H](N)COc1ccc(-c2ccnc(Nc3ccc(C4CCN(C(=O)CNc5cccc6c5C(=O)N(C5CCC(=O)NC5=O)C6=O)CC4)cc3)c2)cc1C(F)(F)F. The Morgan fingerprint density at radius 3 is 2.38 bits per heavy atom. The molecule has 1 aromatic heterocycles. The lowest BCUT2D eigenvalue weighted by Crippen LogP contribution is -2.54. The summed E-state index contributed by atoms with van der Waals surface area (Å²) >= 11 is 0. The number of benzene rings is 3. The number of anilines is 3. The average Bonchev–Trinajstić information content (AvgIpc) is 3.47.